The maximum atomic E-state index is 4.98. The van der Waals surface area contributed by atoms with Crippen molar-refractivity contribution in [2.75, 3.05) is 26.2 Å². The predicted octanol–water partition coefficient (Wildman–Crippen LogP) is 2.55. The average molecular weight is 313 g/mol. The molecule has 4 rings (SSSR count). The van der Waals surface area contributed by atoms with E-state index in [4.69, 9.17) is 4.98 Å². The molecule has 2 aromatic heterocycles. The van der Waals surface area contributed by atoms with Crippen LogP contribution in [0.1, 0.15) is 50.9 Å². The van der Waals surface area contributed by atoms with Crippen molar-refractivity contribution in [3.63, 3.8) is 0 Å². The van der Waals surface area contributed by atoms with E-state index in [2.05, 4.69) is 39.7 Å². The molecule has 0 aromatic carbocycles. The smallest absolute Gasteiger partial charge is 0.160 e. The Morgan fingerprint density at radius 3 is 3.00 bits per heavy atom. The molecule has 0 saturated carbocycles. The molecule has 0 amide bonds. The molecule has 2 atom stereocenters. The third-order valence-electron chi connectivity index (χ3n) is 5.42. The fourth-order valence-corrected chi connectivity index (χ4v) is 4.13. The van der Waals surface area contributed by atoms with Crippen LogP contribution in [0.5, 0.6) is 0 Å². The summed E-state index contributed by atoms with van der Waals surface area (Å²) in [6.45, 7) is 9.08. The van der Waals surface area contributed by atoms with Crippen LogP contribution < -0.4 is 5.32 Å². The van der Waals surface area contributed by atoms with Crippen molar-refractivity contribution in [2.45, 2.75) is 51.1 Å². The number of nitrogens with zero attached hydrogens (tertiary/aromatic N) is 4. The van der Waals surface area contributed by atoms with Gasteiger partial charge >= 0.3 is 0 Å². The van der Waals surface area contributed by atoms with Crippen molar-refractivity contribution in [2.24, 2.45) is 0 Å². The molecule has 2 aromatic rings. The summed E-state index contributed by atoms with van der Waals surface area (Å²) in [7, 11) is 0. The van der Waals surface area contributed by atoms with Crippen LogP contribution in [0.25, 0.3) is 11.2 Å². The Bertz CT molecular complexity index is 671. The third-order valence-corrected chi connectivity index (χ3v) is 5.42. The minimum Gasteiger partial charge on any atom is -0.316 e. The first-order valence-electron chi connectivity index (χ1n) is 9.01. The number of rotatable bonds is 3. The van der Waals surface area contributed by atoms with Crippen molar-refractivity contribution in [3.8, 4) is 0 Å². The Morgan fingerprint density at radius 1 is 1.30 bits per heavy atom. The SMILES string of the molecule is CC(C)N1CCCC(n2c(C3CCNC3)nc3cccnc32)C1. The fourth-order valence-electron chi connectivity index (χ4n) is 4.13. The van der Waals surface area contributed by atoms with Crippen LogP contribution in [-0.4, -0.2) is 51.7 Å². The van der Waals surface area contributed by atoms with Gasteiger partial charge in [-0.25, -0.2) is 9.97 Å². The molecule has 124 valence electrons. The van der Waals surface area contributed by atoms with Crippen LogP contribution >= 0.6 is 0 Å². The molecule has 5 nitrogen and oxygen atoms in total. The molecule has 2 saturated heterocycles. The maximum absolute atomic E-state index is 4.98. The lowest BCUT2D eigenvalue weighted by molar-refractivity contribution is 0.142. The fraction of sp³-hybridized carbons (Fsp3) is 0.667. The van der Waals surface area contributed by atoms with E-state index < -0.39 is 0 Å². The summed E-state index contributed by atoms with van der Waals surface area (Å²) in [6.07, 6.45) is 5.58. The van der Waals surface area contributed by atoms with Crippen LogP contribution in [0, 0.1) is 0 Å². The number of imidazole rings is 1. The second kappa shape index (κ2) is 6.21. The molecule has 1 N–H and O–H groups in total. The molecule has 4 heterocycles. The van der Waals surface area contributed by atoms with Crippen molar-refractivity contribution < 1.29 is 0 Å². The second-order valence-electron chi connectivity index (χ2n) is 7.26. The van der Waals surface area contributed by atoms with Gasteiger partial charge in [-0.15, -0.1) is 0 Å². The number of aromatic nitrogens is 3. The van der Waals surface area contributed by atoms with Crippen LogP contribution in [-0.2, 0) is 0 Å². The minimum absolute atomic E-state index is 0.502. The van der Waals surface area contributed by atoms with Gasteiger partial charge < -0.3 is 9.88 Å². The summed E-state index contributed by atoms with van der Waals surface area (Å²) in [5, 5.41) is 3.49. The highest BCUT2D eigenvalue weighted by Gasteiger charge is 2.30. The highest BCUT2D eigenvalue weighted by Crippen LogP contribution is 2.32. The lowest BCUT2D eigenvalue weighted by Gasteiger charge is -2.37. The van der Waals surface area contributed by atoms with Gasteiger partial charge in [0.15, 0.2) is 5.65 Å². The van der Waals surface area contributed by atoms with E-state index in [0.717, 1.165) is 30.8 Å². The van der Waals surface area contributed by atoms with Crippen LogP contribution in [0.4, 0.5) is 0 Å². The quantitative estimate of drug-likeness (QED) is 0.946. The minimum atomic E-state index is 0.502. The van der Waals surface area contributed by atoms with Gasteiger partial charge in [-0.05, 0) is 58.3 Å². The van der Waals surface area contributed by atoms with E-state index in [1.54, 1.807) is 0 Å². The van der Waals surface area contributed by atoms with Crippen molar-refractivity contribution >= 4 is 11.2 Å². The zero-order valence-corrected chi connectivity index (χ0v) is 14.2. The Morgan fingerprint density at radius 2 is 2.22 bits per heavy atom. The summed E-state index contributed by atoms with van der Waals surface area (Å²) in [5.74, 6) is 1.78. The molecular weight excluding hydrogens is 286 g/mol. The Labute approximate surface area is 138 Å². The highest BCUT2D eigenvalue weighted by molar-refractivity contribution is 5.71. The molecule has 2 unspecified atom stereocenters. The van der Waals surface area contributed by atoms with Crippen LogP contribution in [0.15, 0.2) is 18.3 Å². The zero-order valence-electron chi connectivity index (χ0n) is 14.2. The lowest BCUT2D eigenvalue weighted by Crippen LogP contribution is -2.41. The van der Waals surface area contributed by atoms with Crippen LogP contribution in [0.3, 0.4) is 0 Å². The van der Waals surface area contributed by atoms with E-state index in [0.29, 0.717) is 18.0 Å². The van der Waals surface area contributed by atoms with E-state index >= 15 is 0 Å². The Balaban J connectivity index is 1.76. The predicted molar refractivity (Wildman–Crippen MR) is 92.7 cm³/mol. The molecule has 23 heavy (non-hydrogen) atoms. The number of fused-ring (bicyclic) bond motifs is 1. The zero-order chi connectivity index (χ0) is 15.8. The number of nitrogens with one attached hydrogen (secondary N) is 1. The standard InChI is InChI=1S/C18H27N5/c1-13(2)22-10-4-5-15(12-22)23-17(14-7-9-19-11-14)21-16-6-3-8-20-18(16)23/h3,6,8,13-15,19H,4-5,7,9-12H2,1-2H3. The Hall–Kier alpha value is -1.46. The molecule has 2 aliphatic rings. The average Bonchev–Trinajstić information content (AvgIpc) is 3.22. The summed E-state index contributed by atoms with van der Waals surface area (Å²) >= 11 is 0. The molecule has 0 bridgehead atoms. The first kappa shape index (κ1) is 15.1. The van der Waals surface area contributed by atoms with Crippen molar-refractivity contribution in [1.82, 2.24) is 24.8 Å². The number of piperidine rings is 1. The summed E-state index contributed by atoms with van der Waals surface area (Å²) < 4.78 is 2.47. The van der Waals surface area contributed by atoms with Crippen molar-refractivity contribution in [3.05, 3.63) is 24.2 Å². The largest absolute Gasteiger partial charge is 0.316 e. The van der Waals surface area contributed by atoms with Gasteiger partial charge in [0, 0.05) is 37.3 Å². The monoisotopic (exact) mass is 313 g/mol. The van der Waals surface area contributed by atoms with E-state index in [1.165, 1.54) is 31.6 Å². The van der Waals surface area contributed by atoms with E-state index in [9.17, 15) is 0 Å². The highest BCUT2D eigenvalue weighted by atomic mass is 15.2. The number of hydrogen-bond donors (Lipinski definition) is 1. The molecule has 5 heteroatoms. The van der Waals surface area contributed by atoms with Crippen molar-refractivity contribution in [1.29, 1.82) is 0 Å². The van der Waals surface area contributed by atoms with Gasteiger partial charge in [-0.3, -0.25) is 4.90 Å². The molecule has 0 aliphatic carbocycles. The number of hydrogen-bond acceptors (Lipinski definition) is 4. The van der Waals surface area contributed by atoms with E-state index in [-0.39, 0.29) is 0 Å². The lowest BCUT2D eigenvalue weighted by atomic mass is 10.0. The first-order chi connectivity index (χ1) is 11.2. The van der Waals surface area contributed by atoms with Gasteiger partial charge in [-0.1, -0.05) is 0 Å². The normalized spacial score (nSPS) is 26.4. The number of pyridine rings is 1. The summed E-state index contributed by atoms with van der Waals surface area (Å²) in [4.78, 5) is 12.3. The molecule has 0 radical (unpaired) electrons. The first-order valence-corrected chi connectivity index (χ1v) is 9.01. The molecular formula is C18H27N5. The van der Waals surface area contributed by atoms with Gasteiger partial charge in [0.05, 0.1) is 0 Å². The second-order valence-corrected chi connectivity index (χ2v) is 7.26. The van der Waals surface area contributed by atoms with Gasteiger partial charge in [0.25, 0.3) is 0 Å². The summed E-state index contributed by atoms with van der Waals surface area (Å²) in [6, 6.07) is 5.21. The maximum Gasteiger partial charge on any atom is 0.160 e. The van der Waals surface area contributed by atoms with E-state index in [1.807, 2.05) is 12.3 Å². The molecule has 0 spiro atoms. The van der Waals surface area contributed by atoms with Gasteiger partial charge in [0.1, 0.15) is 11.3 Å². The van der Waals surface area contributed by atoms with Crippen LogP contribution in [0.2, 0.25) is 0 Å². The Kier molecular flexibility index (Phi) is 4.07. The summed E-state index contributed by atoms with van der Waals surface area (Å²) in [5.41, 5.74) is 2.13. The number of likely N-dealkylation sites (tertiary alicyclic amines) is 1. The van der Waals surface area contributed by atoms with Gasteiger partial charge in [0.2, 0.25) is 0 Å². The molecule has 2 aliphatic heterocycles. The third kappa shape index (κ3) is 2.76. The molecule has 2 fully saturated rings. The topological polar surface area (TPSA) is 46.0 Å². The van der Waals surface area contributed by atoms with Gasteiger partial charge in [-0.2, -0.15) is 0 Å².